The molecule has 42 heavy (non-hydrogen) atoms. The molecule has 3 atom stereocenters. The molecule has 2 amide bonds. The molecule has 7 N–H and O–H groups in total. The van der Waals surface area contributed by atoms with Crippen LogP contribution in [0.25, 0.3) is 10.2 Å². The lowest BCUT2D eigenvalue weighted by Gasteiger charge is -2.29. The SMILES string of the molecule is CN[C@H](Cc1ccccc1)C(=O)N1CCC[C@H]1C(=O)N[C@@H](CCCN=C(N)N)C(=O)c1nc2ccc(C(=O)O)cc2s1. The van der Waals surface area contributed by atoms with E-state index in [1.165, 1.54) is 12.1 Å². The molecule has 2 aromatic carbocycles. The van der Waals surface area contributed by atoms with E-state index in [0.717, 1.165) is 16.9 Å². The Bertz CT molecular complexity index is 1470. The number of rotatable bonds is 13. The van der Waals surface area contributed by atoms with Gasteiger partial charge >= 0.3 is 5.97 Å². The van der Waals surface area contributed by atoms with Crippen molar-refractivity contribution in [1.29, 1.82) is 0 Å². The van der Waals surface area contributed by atoms with Crippen molar-refractivity contribution in [3.05, 3.63) is 64.7 Å². The quantitative estimate of drug-likeness (QED) is 0.0846. The highest BCUT2D eigenvalue weighted by atomic mass is 32.1. The number of carboxylic acids is 1. The first-order valence-corrected chi connectivity index (χ1v) is 14.5. The molecule has 0 aliphatic carbocycles. The van der Waals surface area contributed by atoms with Crippen molar-refractivity contribution < 1.29 is 24.3 Å². The molecule has 0 unspecified atom stereocenters. The molecule has 0 radical (unpaired) electrons. The second kappa shape index (κ2) is 14.0. The number of Topliss-reactive ketones (excluding diaryl/α,β-unsaturated/α-hetero) is 1. The van der Waals surface area contributed by atoms with Crippen molar-refractivity contribution in [1.82, 2.24) is 20.5 Å². The van der Waals surface area contributed by atoms with Crippen LogP contribution in [0, 0.1) is 0 Å². The van der Waals surface area contributed by atoms with E-state index in [4.69, 9.17) is 11.5 Å². The highest BCUT2D eigenvalue weighted by molar-refractivity contribution is 7.20. The fourth-order valence-corrected chi connectivity index (χ4v) is 6.02. The number of carboxylic acid groups (broad SMARTS) is 1. The first-order chi connectivity index (χ1) is 20.2. The molecule has 1 saturated heterocycles. The molecule has 2 heterocycles. The molecule has 222 valence electrons. The van der Waals surface area contributed by atoms with E-state index in [2.05, 4.69) is 20.6 Å². The number of carbonyl (C=O) groups excluding carboxylic acids is 3. The number of benzene rings is 2. The molecule has 1 aliphatic heterocycles. The Morgan fingerprint density at radius 1 is 1.14 bits per heavy atom. The number of aliphatic imine (C=N–C) groups is 1. The average molecular weight is 594 g/mol. The number of fused-ring (bicyclic) bond motifs is 1. The van der Waals surface area contributed by atoms with Gasteiger partial charge < -0.3 is 32.1 Å². The number of nitrogens with zero attached hydrogens (tertiary/aromatic N) is 3. The van der Waals surface area contributed by atoms with Crippen LogP contribution in [0.2, 0.25) is 0 Å². The number of carbonyl (C=O) groups is 4. The van der Waals surface area contributed by atoms with Crippen LogP contribution in [0.5, 0.6) is 0 Å². The monoisotopic (exact) mass is 593 g/mol. The molecule has 13 heteroatoms. The molecule has 1 aliphatic rings. The molecular formula is C29H35N7O5S. The van der Waals surface area contributed by atoms with Gasteiger partial charge in [0.05, 0.1) is 27.9 Å². The molecule has 0 bridgehead atoms. The summed E-state index contributed by atoms with van der Waals surface area (Å²) in [4.78, 5) is 62.0. The van der Waals surface area contributed by atoms with Gasteiger partial charge in [-0.1, -0.05) is 30.3 Å². The van der Waals surface area contributed by atoms with E-state index in [0.29, 0.717) is 42.4 Å². The molecular weight excluding hydrogens is 558 g/mol. The maximum absolute atomic E-state index is 13.6. The number of nitrogens with two attached hydrogens (primary N) is 2. The standard InChI is InChI=1S/C29H35N7O5S/c1-32-21(15-17-7-3-2-4-8-17)27(39)36-14-6-10-22(36)25(38)34-20(9-5-13-33-29(30)31)24(37)26-35-19-12-11-18(28(40)41)16-23(19)42-26/h2-4,7-8,11-12,16,20-22,32H,5-6,9-10,13-15H2,1H3,(H,34,38)(H,40,41)(H4,30,31,33)/t20-,21+,22-/m0/s1. The van der Waals surface area contributed by atoms with Gasteiger partial charge in [0.2, 0.25) is 17.6 Å². The highest BCUT2D eigenvalue weighted by Gasteiger charge is 2.38. The van der Waals surface area contributed by atoms with Crippen LogP contribution in [0.15, 0.2) is 53.5 Å². The van der Waals surface area contributed by atoms with Gasteiger partial charge in [-0.2, -0.15) is 0 Å². The molecule has 0 spiro atoms. The van der Waals surface area contributed by atoms with Crippen molar-refractivity contribution in [2.75, 3.05) is 20.1 Å². The Labute approximate surface area is 247 Å². The summed E-state index contributed by atoms with van der Waals surface area (Å²) >= 11 is 1.07. The van der Waals surface area contributed by atoms with Gasteiger partial charge in [0.15, 0.2) is 11.0 Å². The predicted molar refractivity (Wildman–Crippen MR) is 160 cm³/mol. The lowest BCUT2D eigenvalue weighted by Crippen LogP contribution is -2.54. The number of likely N-dealkylation sites (tertiary alicyclic amines) is 1. The van der Waals surface area contributed by atoms with Crippen LogP contribution in [-0.2, 0) is 16.0 Å². The number of thiazole rings is 1. The van der Waals surface area contributed by atoms with Gasteiger partial charge in [0.1, 0.15) is 6.04 Å². The number of guanidine groups is 1. The van der Waals surface area contributed by atoms with E-state index in [1.807, 2.05) is 30.3 Å². The maximum atomic E-state index is 13.6. The molecule has 0 saturated carbocycles. The number of likely N-dealkylation sites (N-methyl/N-ethyl adjacent to an activating group) is 1. The number of nitrogens with one attached hydrogen (secondary N) is 2. The summed E-state index contributed by atoms with van der Waals surface area (Å²) in [5, 5.41) is 15.4. The lowest BCUT2D eigenvalue weighted by molar-refractivity contribution is -0.140. The predicted octanol–water partition coefficient (Wildman–Crippen LogP) is 1.54. The maximum Gasteiger partial charge on any atom is 0.335 e. The van der Waals surface area contributed by atoms with E-state index in [-0.39, 0.29) is 35.4 Å². The van der Waals surface area contributed by atoms with E-state index in [1.54, 1.807) is 18.0 Å². The van der Waals surface area contributed by atoms with Crippen molar-refractivity contribution in [2.24, 2.45) is 16.5 Å². The van der Waals surface area contributed by atoms with Crippen LogP contribution in [0.4, 0.5) is 0 Å². The zero-order valence-electron chi connectivity index (χ0n) is 23.3. The average Bonchev–Trinajstić information content (AvgIpc) is 3.64. The third-order valence-corrected chi connectivity index (χ3v) is 8.22. The lowest BCUT2D eigenvalue weighted by atomic mass is 10.0. The number of aromatic carboxylic acids is 1. The molecule has 12 nitrogen and oxygen atoms in total. The third-order valence-electron chi connectivity index (χ3n) is 7.19. The second-order valence-corrected chi connectivity index (χ2v) is 11.1. The Balaban J connectivity index is 1.51. The summed E-state index contributed by atoms with van der Waals surface area (Å²) in [5.41, 5.74) is 12.4. The molecule has 4 rings (SSSR count). The van der Waals surface area contributed by atoms with Crippen molar-refractivity contribution >= 4 is 51.1 Å². The summed E-state index contributed by atoms with van der Waals surface area (Å²) in [6, 6.07) is 11.9. The molecule has 3 aromatic rings. The summed E-state index contributed by atoms with van der Waals surface area (Å²) in [6.45, 7) is 0.706. The zero-order valence-corrected chi connectivity index (χ0v) is 24.1. The highest BCUT2D eigenvalue weighted by Crippen LogP contribution is 2.26. The Morgan fingerprint density at radius 3 is 2.60 bits per heavy atom. The van der Waals surface area contributed by atoms with Crippen molar-refractivity contribution in [3.8, 4) is 0 Å². The summed E-state index contributed by atoms with van der Waals surface area (Å²) in [5.74, 6) is -2.14. The third kappa shape index (κ3) is 7.47. The largest absolute Gasteiger partial charge is 0.478 e. The minimum atomic E-state index is -1.08. The van der Waals surface area contributed by atoms with Crippen LogP contribution < -0.4 is 22.1 Å². The normalized spacial score (nSPS) is 16.1. The topological polar surface area (TPSA) is 193 Å². The number of aromatic nitrogens is 1. The second-order valence-electron chi connectivity index (χ2n) is 10.1. The number of hydrogen-bond donors (Lipinski definition) is 5. The fourth-order valence-electron chi connectivity index (χ4n) is 5.02. The first-order valence-electron chi connectivity index (χ1n) is 13.7. The van der Waals surface area contributed by atoms with Crippen LogP contribution in [-0.4, -0.2) is 82.8 Å². The zero-order chi connectivity index (χ0) is 30.2. The molecule has 1 aromatic heterocycles. The molecule has 1 fully saturated rings. The van der Waals surface area contributed by atoms with E-state index >= 15 is 0 Å². The van der Waals surface area contributed by atoms with Crippen LogP contribution in [0.3, 0.4) is 0 Å². The summed E-state index contributed by atoms with van der Waals surface area (Å²) in [6.07, 6.45) is 2.28. The number of ketones is 1. The summed E-state index contributed by atoms with van der Waals surface area (Å²) in [7, 11) is 1.72. The van der Waals surface area contributed by atoms with Crippen molar-refractivity contribution in [2.45, 2.75) is 50.2 Å². The van der Waals surface area contributed by atoms with Crippen molar-refractivity contribution in [3.63, 3.8) is 0 Å². The van der Waals surface area contributed by atoms with E-state index in [9.17, 15) is 24.3 Å². The van der Waals surface area contributed by atoms with Gasteiger partial charge in [0, 0.05) is 13.1 Å². The van der Waals surface area contributed by atoms with Crippen LogP contribution >= 0.6 is 11.3 Å². The van der Waals surface area contributed by atoms with Gasteiger partial charge in [-0.3, -0.25) is 19.4 Å². The minimum Gasteiger partial charge on any atom is -0.478 e. The Hall–Kier alpha value is -4.36. The Kier molecular flexibility index (Phi) is 10.2. The minimum absolute atomic E-state index is 0.0722. The number of hydrogen-bond acceptors (Lipinski definition) is 8. The van der Waals surface area contributed by atoms with Gasteiger partial charge in [0.25, 0.3) is 0 Å². The van der Waals surface area contributed by atoms with Gasteiger partial charge in [-0.05, 0) is 62.9 Å². The summed E-state index contributed by atoms with van der Waals surface area (Å²) < 4.78 is 0.549. The smallest absolute Gasteiger partial charge is 0.335 e. The first kappa shape index (κ1) is 30.6. The van der Waals surface area contributed by atoms with Gasteiger partial charge in [-0.25, -0.2) is 9.78 Å². The fraction of sp³-hybridized carbons (Fsp3) is 0.379. The van der Waals surface area contributed by atoms with Gasteiger partial charge in [-0.15, -0.1) is 11.3 Å². The number of amides is 2. The van der Waals surface area contributed by atoms with E-state index < -0.39 is 35.8 Å². The Morgan fingerprint density at radius 2 is 1.90 bits per heavy atom. The van der Waals surface area contributed by atoms with Crippen LogP contribution in [0.1, 0.15) is 51.4 Å².